The lowest BCUT2D eigenvalue weighted by Crippen LogP contribution is -2.67. The molecule has 5 aliphatic carbocycles. The molecule has 0 aromatic heterocycles. The minimum Gasteiger partial charge on any atom is -0.432 e. The number of rotatable bonds is 13. The van der Waals surface area contributed by atoms with Gasteiger partial charge in [0.1, 0.15) is 104 Å². The minimum absolute atomic E-state index is 0.0661. The molecule has 0 bridgehead atoms. The Labute approximate surface area is 488 Å². The van der Waals surface area contributed by atoms with Gasteiger partial charge in [-0.2, -0.15) is 0 Å². The molecule has 0 spiro atoms. The highest BCUT2D eigenvalue weighted by Crippen LogP contribution is 2.76. The molecule has 482 valence electrons. The van der Waals surface area contributed by atoms with Crippen LogP contribution in [-0.2, 0) is 52.2 Å². The maximum atomic E-state index is 15.2. The third-order valence-corrected chi connectivity index (χ3v) is 22.8. The number of aliphatic hydroxyl groups is 15. The first-order valence-corrected chi connectivity index (χ1v) is 30.2. The zero-order chi connectivity index (χ0) is 61.1. The van der Waals surface area contributed by atoms with Gasteiger partial charge < -0.3 is 124 Å². The summed E-state index contributed by atoms with van der Waals surface area (Å²) in [5.41, 5.74) is -1.93. The Balaban J connectivity index is 0.834. The summed E-state index contributed by atoms with van der Waals surface area (Å²) in [7, 11) is 0. The molecular formula is C58H94O26. The number of fused-ring (bicyclic) bond motifs is 7. The molecule has 5 aliphatic heterocycles. The maximum absolute atomic E-state index is 15.2. The molecule has 0 radical (unpaired) electrons. The molecular weight excluding hydrogens is 1110 g/mol. The highest BCUT2D eigenvalue weighted by Gasteiger charge is 2.71. The van der Waals surface area contributed by atoms with Crippen LogP contribution >= 0.6 is 0 Å². The summed E-state index contributed by atoms with van der Waals surface area (Å²) in [6, 6.07) is 0. The van der Waals surface area contributed by atoms with Gasteiger partial charge in [-0.05, 0) is 111 Å². The smallest absolute Gasteiger partial charge is 0.315 e. The first-order chi connectivity index (χ1) is 39.4. The lowest BCUT2D eigenvalue weighted by atomic mass is 9.33. The van der Waals surface area contributed by atoms with Crippen molar-refractivity contribution in [1.29, 1.82) is 0 Å². The number of ether oxygens (including phenoxy) is 10. The van der Waals surface area contributed by atoms with Crippen LogP contribution in [-0.4, -0.2) is 263 Å². The van der Waals surface area contributed by atoms with E-state index < -0.39 is 189 Å². The maximum Gasteiger partial charge on any atom is 0.315 e. The van der Waals surface area contributed by atoms with Crippen molar-refractivity contribution in [2.24, 2.45) is 50.2 Å². The van der Waals surface area contributed by atoms with Crippen LogP contribution in [0.2, 0.25) is 0 Å². The Morgan fingerprint density at radius 3 is 1.87 bits per heavy atom. The highest BCUT2D eigenvalue weighted by molar-refractivity contribution is 5.79. The van der Waals surface area contributed by atoms with Gasteiger partial charge in [-0.25, -0.2) is 0 Å². The molecule has 10 aliphatic rings. The van der Waals surface area contributed by atoms with Gasteiger partial charge in [0.15, 0.2) is 25.2 Å². The third kappa shape index (κ3) is 10.9. The summed E-state index contributed by atoms with van der Waals surface area (Å²) in [5, 5.41) is 162. The first-order valence-electron chi connectivity index (χ1n) is 30.2. The van der Waals surface area contributed by atoms with Gasteiger partial charge in [-0.15, -0.1) is 0 Å². The summed E-state index contributed by atoms with van der Waals surface area (Å²) in [4.78, 5) is 15.2. The minimum atomic E-state index is -1.90. The van der Waals surface area contributed by atoms with Crippen molar-refractivity contribution in [2.75, 3.05) is 33.0 Å². The zero-order valence-corrected chi connectivity index (χ0v) is 49.0. The van der Waals surface area contributed by atoms with Gasteiger partial charge in [0.25, 0.3) is 0 Å². The summed E-state index contributed by atoms with van der Waals surface area (Å²) in [5.74, 6) is -0.857. The second-order valence-electron chi connectivity index (χ2n) is 28.1. The van der Waals surface area contributed by atoms with E-state index in [0.29, 0.717) is 51.4 Å². The van der Waals surface area contributed by atoms with Crippen LogP contribution in [0.1, 0.15) is 113 Å². The number of hydrogen-bond acceptors (Lipinski definition) is 26. The summed E-state index contributed by atoms with van der Waals surface area (Å²) in [6.45, 7) is 12.5. The Morgan fingerprint density at radius 2 is 1.18 bits per heavy atom. The molecule has 5 saturated heterocycles. The highest BCUT2D eigenvalue weighted by atomic mass is 16.8. The number of hydrogen-bond donors (Lipinski definition) is 15. The van der Waals surface area contributed by atoms with E-state index in [2.05, 4.69) is 40.7 Å². The number of carbonyl (C=O) groups is 1. The van der Waals surface area contributed by atoms with E-state index in [-0.39, 0.29) is 47.2 Å². The van der Waals surface area contributed by atoms with Gasteiger partial charge in [0, 0.05) is 5.41 Å². The Kier molecular flexibility index (Phi) is 18.7. The van der Waals surface area contributed by atoms with Crippen LogP contribution in [0.25, 0.3) is 0 Å². The predicted octanol–water partition coefficient (Wildman–Crippen LogP) is -2.93. The van der Waals surface area contributed by atoms with Gasteiger partial charge in [0.2, 0.25) is 6.29 Å². The van der Waals surface area contributed by atoms with Crippen molar-refractivity contribution in [1.82, 2.24) is 0 Å². The number of carbonyl (C=O) groups excluding carboxylic acids is 1. The SMILES string of the molecule is CC1OC(OC2C(OC3CCC4(C)C(CCC5(C)C4CC=C4C6CC(C)(C)CCC6(C(=O)OC6OC(COC7OC(CO)C(OC8OCC(O)C(O)C8O)C(O)C7O)C(O)C(O)C6O)CCC45C)C3(C)CO)OCC(O)C2O)C(O)C(O)C1O. The molecule has 26 heteroatoms. The standard InChI is InChI=1S/C58H94O26/c1-24-34(63)38(67)42(71)49(78-24)83-46-36(65)28(62)21-76-51(46)81-33-11-12-54(4)31(55(33,5)23-60)10-13-57(7)32(54)9-8-25-26-18-53(2,3)14-16-58(26,17-15-56(25,57)6)52(74)84-50-43(72)39(68)37(66)30(80-50)22-77-47-44(73)40(69)45(29(19-59)79-47)82-48-41(70)35(64)27(61)20-75-48/h8,24,26-51,59-73H,9-23H2,1-7H3. The molecule has 32 atom stereocenters. The molecule has 0 aromatic carbocycles. The van der Waals surface area contributed by atoms with E-state index in [1.54, 1.807) is 0 Å². The van der Waals surface area contributed by atoms with Crippen LogP contribution in [0.15, 0.2) is 11.6 Å². The largest absolute Gasteiger partial charge is 0.432 e. The normalized spacial score (nSPS) is 54.9. The molecule has 0 amide bonds. The van der Waals surface area contributed by atoms with Gasteiger partial charge in [0.05, 0.1) is 50.7 Å². The van der Waals surface area contributed by atoms with Crippen molar-refractivity contribution in [2.45, 2.75) is 260 Å². The fourth-order valence-electron chi connectivity index (χ4n) is 17.3. The molecule has 4 saturated carbocycles. The van der Waals surface area contributed by atoms with Crippen molar-refractivity contribution >= 4 is 5.97 Å². The summed E-state index contributed by atoms with van der Waals surface area (Å²) >= 11 is 0. The van der Waals surface area contributed by atoms with Crippen molar-refractivity contribution in [3.63, 3.8) is 0 Å². The van der Waals surface area contributed by atoms with Gasteiger partial charge in [-0.3, -0.25) is 4.79 Å². The predicted molar refractivity (Wildman–Crippen MR) is 283 cm³/mol. The van der Waals surface area contributed by atoms with Crippen LogP contribution in [0.5, 0.6) is 0 Å². The van der Waals surface area contributed by atoms with Crippen LogP contribution in [0, 0.1) is 50.2 Å². The first kappa shape index (κ1) is 65.2. The topological polar surface area (TPSA) is 413 Å². The van der Waals surface area contributed by atoms with Crippen molar-refractivity contribution < 1.29 is 129 Å². The monoisotopic (exact) mass is 1210 g/mol. The van der Waals surface area contributed by atoms with E-state index in [1.807, 2.05) is 6.92 Å². The Hall–Kier alpha value is -1.75. The van der Waals surface area contributed by atoms with Crippen molar-refractivity contribution in [3.8, 4) is 0 Å². The number of allylic oxidation sites excluding steroid dienone is 2. The summed E-state index contributed by atoms with van der Waals surface area (Å²) in [6.07, 6.45) is -28.4. The molecule has 15 N–H and O–H groups in total. The molecule has 84 heavy (non-hydrogen) atoms. The molecule has 9 fully saturated rings. The lowest BCUT2D eigenvalue weighted by Gasteiger charge is -2.71. The lowest BCUT2D eigenvalue weighted by molar-refractivity contribution is -0.365. The van der Waals surface area contributed by atoms with E-state index in [4.69, 9.17) is 47.4 Å². The van der Waals surface area contributed by atoms with Gasteiger partial charge in [-0.1, -0.05) is 53.2 Å². The fourth-order valence-corrected chi connectivity index (χ4v) is 17.3. The quantitative estimate of drug-likeness (QED) is 0.0499. The average Bonchev–Trinajstić information content (AvgIpc) is 0.747. The fraction of sp³-hybridized carbons (Fsp3) is 0.948. The average molecular weight is 1210 g/mol. The van der Waals surface area contributed by atoms with E-state index in [9.17, 15) is 76.6 Å². The molecule has 10 rings (SSSR count). The Morgan fingerprint density at radius 1 is 0.571 bits per heavy atom. The molecule has 26 nitrogen and oxygen atoms in total. The Bertz CT molecular complexity index is 2330. The van der Waals surface area contributed by atoms with E-state index in [0.717, 1.165) is 12.8 Å². The number of esters is 1. The number of aliphatic hydroxyl groups excluding tert-OH is 15. The summed E-state index contributed by atoms with van der Waals surface area (Å²) < 4.78 is 59.1. The second kappa shape index (κ2) is 24.1. The van der Waals surface area contributed by atoms with E-state index in [1.165, 1.54) is 12.5 Å². The molecule has 0 aromatic rings. The van der Waals surface area contributed by atoms with Crippen molar-refractivity contribution in [3.05, 3.63) is 11.6 Å². The zero-order valence-electron chi connectivity index (χ0n) is 49.0. The third-order valence-electron chi connectivity index (χ3n) is 22.8. The van der Waals surface area contributed by atoms with Crippen LogP contribution in [0.4, 0.5) is 0 Å². The van der Waals surface area contributed by atoms with E-state index >= 15 is 4.79 Å². The second-order valence-corrected chi connectivity index (χ2v) is 28.1. The molecule has 5 heterocycles. The van der Waals surface area contributed by atoms with Crippen LogP contribution < -0.4 is 0 Å². The van der Waals surface area contributed by atoms with Crippen LogP contribution in [0.3, 0.4) is 0 Å². The van der Waals surface area contributed by atoms with Gasteiger partial charge >= 0.3 is 5.97 Å². The molecule has 32 unspecified atom stereocenters.